The first-order chi connectivity index (χ1) is 14.3. The van der Waals surface area contributed by atoms with Crippen molar-refractivity contribution in [1.82, 2.24) is 0 Å². The van der Waals surface area contributed by atoms with Crippen LogP contribution in [0.25, 0.3) is 0 Å². The summed E-state index contributed by atoms with van der Waals surface area (Å²) in [4.78, 5) is 2.55. The standard InChI is InChI=1S/C28H43NO/c1-19(29(4)21-8-6-5-7-9-21)25-12-13-26-24-11-10-20-18-27(2,30)16-14-22(20)23(24)15-17-28(25,26)3/h5-9,19-20,22-26,30H,10-18H2,1-4H3/t19-,20-,22+,23-,24-,25?,26+,27-,28-/m1/s1. The summed E-state index contributed by atoms with van der Waals surface area (Å²) in [5.41, 5.74) is 1.48. The highest BCUT2D eigenvalue weighted by Gasteiger charge is 2.58. The lowest BCUT2D eigenvalue weighted by Crippen LogP contribution is -2.52. The van der Waals surface area contributed by atoms with Gasteiger partial charge < -0.3 is 10.0 Å². The van der Waals surface area contributed by atoms with Gasteiger partial charge in [0.05, 0.1) is 5.60 Å². The summed E-state index contributed by atoms with van der Waals surface area (Å²) in [5.74, 6) is 5.32. The van der Waals surface area contributed by atoms with E-state index >= 15 is 0 Å². The smallest absolute Gasteiger partial charge is 0.0622 e. The number of anilines is 1. The van der Waals surface area contributed by atoms with E-state index in [1.54, 1.807) is 0 Å². The zero-order chi connectivity index (χ0) is 21.1. The molecule has 0 aliphatic heterocycles. The Hall–Kier alpha value is -1.02. The van der Waals surface area contributed by atoms with Crippen molar-refractivity contribution in [3.05, 3.63) is 30.3 Å². The van der Waals surface area contributed by atoms with E-state index < -0.39 is 5.60 Å². The van der Waals surface area contributed by atoms with Crippen LogP contribution in [0.5, 0.6) is 0 Å². The third-order valence-corrected chi connectivity index (χ3v) is 10.7. The van der Waals surface area contributed by atoms with E-state index in [4.69, 9.17) is 0 Å². The quantitative estimate of drug-likeness (QED) is 0.613. The van der Waals surface area contributed by atoms with E-state index in [-0.39, 0.29) is 0 Å². The van der Waals surface area contributed by atoms with Gasteiger partial charge >= 0.3 is 0 Å². The maximum absolute atomic E-state index is 10.6. The average Bonchev–Trinajstić information content (AvgIpc) is 3.09. The summed E-state index contributed by atoms with van der Waals surface area (Å²) in [6.45, 7) is 7.23. The van der Waals surface area contributed by atoms with Crippen LogP contribution in [0, 0.1) is 40.9 Å². The van der Waals surface area contributed by atoms with Gasteiger partial charge in [0.1, 0.15) is 0 Å². The zero-order valence-electron chi connectivity index (χ0n) is 19.7. The molecular weight excluding hydrogens is 366 g/mol. The van der Waals surface area contributed by atoms with Gasteiger partial charge in [0.2, 0.25) is 0 Å². The van der Waals surface area contributed by atoms with Gasteiger partial charge in [-0.1, -0.05) is 25.1 Å². The molecule has 2 nitrogen and oxygen atoms in total. The number of hydrogen-bond donors (Lipinski definition) is 1. The van der Waals surface area contributed by atoms with Crippen molar-refractivity contribution in [3.63, 3.8) is 0 Å². The van der Waals surface area contributed by atoms with Crippen LogP contribution in [0.1, 0.15) is 78.6 Å². The molecule has 4 fully saturated rings. The van der Waals surface area contributed by atoms with Crippen molar-refractivity contribution < 1.29 is 5.11 Å². The van der Waals surface area contributed by atoms with Crippen LogP contribution in [-0.4, -0.2) is 23.8 Å². The molecule has 1 unspecified atom stereocenters. The molecule has 5 rings (SSSR count). The molecule has 4 aliphatic carbocycles. The fourth-order valence-corrected chi connectivity index (χ4v) is 9.08. The Morgan fingerprint density at radius 3 is 2.40 bits per heavy atom. The second-order valence-corrected chi connectivity index (χ2v) is 12.1. The Morgan fingerprint density at radius 2 is 1.63 bits per heavy atom. The van der Waals surface area contributed by atoms with Crippen molar-refractivity contribution in [2.24, 2.45) is 40.9 Å². The Labute approximate surface area is 184 Å². The van der Waals surface area contributed by atoms with Crippen LogP contribution in [0.2, 0.25) is 0 Å². The second-order valence-electron chi connectivity index (χ2n) is 12.1. The highest BCUT2D eigenvalue weighted by molar-refractivity contribution is 5.46. The third-order valence-electron chi connectivity index (χ3n) is 10.7. The maximum Gasteiger partial charge on any atom is 0.0622 e. The number of benzene rings is 1. The van der Waals surface area contributed by atoms with Gasteiger partial charge in [-0.2, -0.15) is 0 Å². The lowest BCUT2D eigenvalue weighted by molar-refractivity contribution is -0.101. The van der Waals surface area contributed by atoms with E-state index in [2.05, 4.69) is 63.1 Å². The first kappa shape index (κ1) is 20.9. The number of rotatable bonds is 3. The number of fused-ring (bicyclic) bond motifs is 5. The number of para-hydroxylation sites is 1. The SMILES string of the molecule is C[C@H](C1CC[C@H]2[C@@H]3CC[C@@H]4C[C@](C)(O)CC[C@@H]4[C@H]3CC[C@]12C)N(C)c1ccccc1. The van der Waals surface area contributed by atoms with Crippen molar-refractivity contribution in [2.45, 2.75) is 90.2 Å². The molecule has 1 aromatic rings. The summed E-state index contributed by atoms with van der Waals surface area (Å²) < 4.78 is 0. The Bertz CT molecular complexity index is 744. The molecule has 0 spiro atoms. The van der Waals surface area contributed by atoms with Crippen LogP contribution in [0.3, 0.4) is 0 Å². The van der Waals surface area contributed by atoms with E-state index in [0.717, 1.165) is 48.3 Å². The molecule has 166 valence electrons. The molecule has 1 aromatic carbocycles. The third kappa shape index (κ3) is 3.33. The number of aliphatic hydroxyl groups is 1. The van der Waals surface area contributed by atoms with Crippen molar-refractivity contribution in [2.75, 3.05) is 11.9 Å². The molecule has 0 aromatic heterocycles. The molecule has 2 heteroatoms. The van der Waals surface area contributed by atoms with Crippen LogP contribution >= 0.6 is 0 Å². The lowest BCUT2D eigenvalue weighted by Gasteiger charge is -2.57. The molecule has 0 bridgehead atoms. The Morgan fingerprint density at radius 1 is 0.900 bits per heavy atom. The lowest BCUT2D eigenvalue weighted by atomic mass is 9.48. The summed E-state index contributed by atoms with van der Waals surface area (Å²) in [6.07, 6.45) is 11.9. The normalized spacial score (nSPS) is 46.4. The fourth-order valence-electron chi connectivity index (χ4n) is 9.08. The van der Waals surface area contributed by atoms with Crippen molar-refractivity contribution in [3.8, 4) is 0 Å². The minimum Gasteiger partial charge on any atom is -0.390 e. The van der Waals surface area contributed by atoms with E-state index in [9.17, 15) is 5.11 Å². The largest absolute Gasteiger partial charge is 0.390 e. The molecule has 0 saturated heterocycles. The van der Waals surface area contributed by atoms with Crippen LogP contribution in [0.4, 0.5) is 5.69 Å². The minimum absolute atomic E-state index is 0.396. The second kappa shape index (κ2) is 7.54. The molecule has 0 amide bonds. The van der Waals surface area contributed by atoms with Gasteiger partial charge in [-0.25, -0.2) is 0 Å². The topological polar surface area (TPSA) is 23.5 Å². The predicted octanol–water partition coefficient (Wildman–Crippen LogP) is 6.53. The predicted molar refractivity (Wildman–Crippen MR) is 126 cm³/mol. The monoisotopic (exact) mass is 409 g/mol. The molecule has 9 atom stereocenters. The first-order valence-corrected chi connectivity index (χ1v) is 12.8. The zero-order valence-corrected chi connectivity index (χ0v) is 19.7. The minimum atomic E-state index is -0.396. The van der Waals surface area contributed by atoms with Crippen molar-refractivity contribution in [1.29, 1.82) is 0 Å². The van der Waals surface area contributed by atoms with Crippen LogP contribution in [0.15, 0.2) is 30.3 Å². The Balaban J connectivity index is 1.33. The van der Waals surface area contributed by atoms with Crippen LogP contribution < -0.4 is 4.90 Å². The van der Waals surface area contributed by atoms with Crippen LogP contribution in [-0.2, 0) is 0 Å². The van der Waals surface area contributed by atoms with Gasteiger partial charge in [-0.3, -0.25) is 0 Å². The summed E-state index contributed by atoms with van der Waals surface area (Å²) in [5, 5.41) is 10.6. The summed E-state index contributed by atoms with van der Waals surface area (Å²) in [7, 11) is 2.31. The van der Waals surface area contributed by atoms with E-state index in [1.807, 2.05) is 0 Å². The van der Waals surface area contributed by atoms with E-state index in [0.29, 0.717) is 11.5 Å². The summed E-state index contributed by atoms with van der Waals surface area (Å²) in [6, 6.07) is 11.6. The van der Waals surface area contributed by atoms with Gasteiger partial charge in [-0.05, 0) is 125 Å². The highest BCUT2D eigenvalue weighted by atomic mass is 16.3. The average molecular weight is 410 g/mol. The maximum atomic E-state index is 10.6. The van der Waals surface area contributed by atoms with Crippen molar-refractivity contribution >= 4 is 5.69 Å². The van der Waals surface area contributed by atoms with E-state index in [1.165, 1.54) is 50.6 Å². The van der Waals surface area contributed by atoms with Gasteiger partial charge in [0.25, 0.3) is 0 Å². The molecule has 30 heavy (non-hydrogen) atoms. The molecule has 4 aliphatic rings. The van der Waals surface area contributed by atoms with Gasteiger partial charge in [0, 0.05) is 18.8 Å². The fraction of sp³-hybridized carbons (Fsp3) is 0.786. The molecule has 0 heterocycles. The van der Waals surface area contributed by atoms with Gasteiger partial charge in [0.15, 0.2) is 0 Å². The molecular formula is C28H43NO. The first-order valence-electron chi connectivity index (χ1n) is 12.8. The molecule has 0 radical (unpaired) electrons. The number of nitrogens with zero attached hydrogens (tertiary/aromatic N) is 1. The molecule has 4 saturated carbocycles. The summed E-state index contributed by atoms with van der Waals surface area (Å²) >= 11 is 0. The molecule has 1 N–H and O–H groups in total. The highest BCUT2D eigenvalue weighted by Crippen LogP contribution is 2.65. The Kier molecular flexibility index (Phi) is 5.24. The van der Waals surface area contributed by atoms with Gasteiger partial charge in [-0.15, -0.1) is 0 Å². The number of hydrogen-bond acceptors (Lipinski definition) is 2.